The average Bonchev–Trinajstić information content (AvgIpc) is 1.77. The monoisotopic (exact) mass is 126 g/mol. The number of thioether (sulfide) groups is 1. The van der Waals surface area contributed by atoms with Crippen molar-refractivity contribution in [2.24, 2.45) is 0 Å². The van der Waals surface area contributed by atoms with Gasteiger partial charge in [0, 0.05) is 5.75 Å². The molecule has 0 aliphatic carbocycles. The minimum absolute atomic E-state index is 1.16. The molecule has 0 bridgehead atoms. The van der Waals surface area contributed by atoms with E-state index < -0.39 is 0 Å². The van der Waals surface area contributed by atoms with E-state index in [2.05, 4.69) is 26.0 Å². The normalized spacial score (nSPS) is 19.8. The molecule has 0 unspecified atom stereocenters. The molecule has 0 saturated carbocycles. The molecule has 1 aliphatic rings. The van der Waals surface area contributed by atoms with Gasteiger partial charge in [0.2, 0.25) is 0 Å². The van der Waals surface area contributed by atoms with Gasteiger partial charge in [-0.2, -0.15) is 0 Å². The smallest absolute Gasteiger partial charge is 0.0160 e. The Bertz CT molecular complexity index is 142. The van der Waals surface area contributed by atoms with Crippen LogP contribution < -0.4 is 0 Å². The average molecular weight is 126 g/mol. The van der Waals surface area contributed by atoms with Crippen LogP contribution in [0.2, 0.25) is 0 Å². The van der Waals surface area contributed by atoms with Crippen molar-refractivity contribution in [3.8, 4) is 0 Å². The summed E-state index contributed by atoms with van der Waals surface area (Å²) in [5, 5.41) is 0. The summed E-state index contributed by atoms with van der Waals surface area (Å²) in [5.41, 5.74) is 1.42. The van der Waals surface area contributed by atoms with Crippen molar-refractivity contribution in [3.05, 3.63) is 22.6 Å². The second-order valence-corrected chi connectivity index (χ2v) is 3.19. The van der Waals surface area contributed by atoms with Crippen LogP contribution in [0, 0.1) is 0 Å². The zero-order chi connectivity index (χ0) is 5.98. The van der Waals surface area contributed by atoms with Gasteiger partial charge in [0.25, 0.3) is 0 Å². The van der Waals surface area contributed by atoms with Gasteiger partial charge < -0.3 is 0 Å². The van der Waals surface area contributed by atoms with E-state index >= 15 is 0 Å². The minimum Gasteiger partial charge on any atom is -0.126 e. The molecule has 0 aromatic rings. The zero-order valence-corrected chi connectivity index (χ0v) is 6.09. The van der Waals surface area contributed by atoms with Crippen molar-refractivity contribution in [2.45, 2.75) is 13.8 Å². The maximum atomic E-state index is 2.20. The van der Waals surface area contributed by atoms with Crippen molar-refractivity contribution in [1.29, 1.82) is 0 Å². The molecule has 1 aliphatic heterocycles. The van der Waals surface area contributed by atoms with Crippen molar-refractivity contribution < 1.29 is 0 Å². The van der Waals surface area contributed by atoms with Crippen LogP contribution in [0.4, 0.5) is 0 Å². The van der Waals surface area contributed by atoms with E-state index in [-0.39, 0.29) is 0 Å². The van der Waals surface area contributed by atoms with Gasteiger partial charge in [0.15, 0.2) is 0 Å². The van der Waals surface area contributed by atoms with E-state index in [1.807, 2.05) is 11.8 Å². The summed E-state index contributed by atoms with van der Waals surface area (Å²) in [4.78, 5) is 1.47. The predicted molar refractivity (Wildman–Crippen MR) is 40.0 cm³/mol. The van der Waals surface area contributed by atoms with E-state index in [4.69, 9.17) is 0 Å². The van der Waals surface area contributed by atoms with Crippen LogP contribution in [0.25, 0.3) is 0 Å². The van der Waals surface area contributed by atoms with Crippen molar-refractivity contribution >= 4 is 11.8 Å². The number of hydrogen-bond donors (Lipinski definition) is 0. The quantitative estimate of drug-likeness (QED) is 0.480. The molecule has 8 heavy (non-hydrogen) atoms. The molecule has 0 amide bonds. The van der Waals surface area contributed by atoms with Crippen LogP contribution >= 0.6 is 11.8 Å². The lowest BCUT2D eigenvalue weighted by Gasteiger charge is -2.05. The van der Waals surface area contributed by atoms with Gasteiger partial charge in [0.05, 0.1) is 0 Å². The van der Waals surface area contributed by atoms with Gasteiger partial charge in [-0.25, -0.2) is 0 Å². The van der Waals surface area contributed by atoms with Crippen molar-refractivity contribution in [1.82, 2.24) is 0 Å². The molecule has 1 rings (SSSR count). The summed E-state index contributed by atoms with van der Waals surface area (Å²) in [7, 11) is 0. The highest BCUT2D eigenvalue weighted by atomic mass is 32.2. The predicted octanol–water partition coefficient (Wildman–Crippen LogP) is 2.58. The fourth-order valence-corrected chi connectivity index (χ4v) is 1.37. The lowest BCUT2D eigenvalue weighted by atomic mass is 10.2. The molecular formula is C7H10S. The Hall–Kier alpha value is -0.170. The summed E-state index contributed by atoms with van der Waals surface area (Å²) in [6, 6.07) is 0. The Morgan fingerprint density at radius 2 is 2.25 bits per heavy atom. The topological polar surface area (TPSA) is 0 Å². The Morgan fingerprint density at radius 1 is 1.50 bits per heavy atom. The van der Waals surface area contributed by atoms with Gasteiger partial charge in [-0.15, -0.1) is 11.8 Å². The molecule has 0 aromatic carbocycles. The largest absolute Gasteiger partial charge is 0.126 e. The molecule has 0 N–H and O–H groups in total. The van der Waals surface area contributed by atoms with Crippen molar-refractivity contribution in [3.63, 3.8) is 0 Å². The molecule has 1 heteroatoms. The van der Waals surface area contributed by atoms with E-state index in [9.17, 15) is 0 Å². The summed E-state index contributed by atoms with van der Waals surface area (Å²) in [5.74, 6) is 1.16. The Balaban J connectivity index is 2.76. The first-order valence-corrected chi connectivity index (χ1v) is 3.76. The lowest BCUT2D eigenvalue weighted by Crippen LogP contribution is -1.83. The van der Waals surface area contributed by atoms with Crippen LogP contribution in [-0.4, -0.2) is 5.75 Å². The van der Waals surface area contributed by atoms with E-state index in [1.165, 1.54) is 10.5 Å². The van der Waals surface area contributed by atoms with Crippen LogP contribution in [0.15, 0.2) is 22.6 Å². The molecule has 0 aromatic heterocycles. The van der Waals surface area contributed by atoms with Gasteiger partial charge in [-0.3, -0.25) is 0 Å². The maximum absolute atomic E-state index is 2.20. The fraction of sp³-hybridized carbons (Fsp3) is 0.429. The number of allylic oxidation sites excluding steroid dienone is 3. The third-order valence-electron chi connectivity index (χ3n) is 1.32. The highest BCUT2D eigenvalue weighted by Gasteiger charge is 1.96. The second kappa shape index (κ2) is 2.40. The molecule has 0 fully saturated rings. The lowest BCUT2D eigenvalue weighted by molar-refractivity contribution is 1.42. The number of rotatable bonds is 0. The van der Waals surface area contributed by atoms with Gasteiger partial charge in [0.1, 0.15) is 0 Å². The van der Waals surface area contributed by atoms with E-state index in [0.29, 0.717) is 0 Å². The first kappa shape index (κ1) is 5.96. The van der Waals surface area contributed by atoms with Crippen molar-refractivity contribution in [2.75, 3.05) is 5.75 Å². The Labute approximate surface area is 54.7 Å². The molecule has 0 radical (unpaired) electrons. The van der Waals surface area contributed by atoms with Gasteiger partial charge >= 0.3 is 0 Å². The number of hydrogen-bond acceptors (Lipinski definition) is 1. The first-order chi connectivity index (χ1) is 3.80. The highest BCUT2D eigenvalue weighted by Crippen LogP contribution is 2.23. The minimum atomic E-state index is 1.16. The summed E-state index contributed by atoms with van der Waals surface area (Å²) in [6.45, 7) is 4.32. The summed E-state index contributed by atoms with van der Waals surface area (Å²) >= 11 is 1.92. The molecule has 0 spiro atoms. The molecular weight excluding hydrogens is 116 g/mol. The molecule has 0 nitrogen and oxygen atoms in total. The fourth-order valence-electron chi connectivity index (χ4n) is 0.629. The third kappa shape index (κ3) is 1.16. The van der Waals surface area contributed by atoms with Crippen LogP contribution in [-0.2, 0) is 0 Å². The maximum Gasteiger partial charge on any atom is 0.0160 e. The third-order valence-corrected chi connectivity index (χ3v) is 2.43. The van der Waals surface area contributed by atoms with Gasteiger partial charge in [-0.05, 0) is 24.3 Å². The Kier molecular flexibility index (Phi) is 1.79. The summed E-state index contributed by atoms with van der Waals surface area (Å²) < 4.78 is 0. The Morgan fingerprint density at radius 3 is 2.62 bits per heavy atom. The van der Waals surface area contributed by atoms with E-state index in [1.54, 1.807) is 0 Å². The molecule has 0 saturated heterocycles. The standard InChI is InChI=1S/C7H10S/c1-6-4-3-5-8-7(6)2/h3-4H,5H2,1-2H3. The van der Waals surface area contributed by atoms with Crippen LogP contribution in [0.3, 0.4) is 0 Å². The SMILES string of the molecule is CC1=C(C)SCC=C1. The second-order valence-electron chi connectivity index (χ2n) is 1.95. The van der Waals surface area contributed by atoms with Crippen LogP contribution in [0.5, 0.6) is 0 Å². The van der Waals surface area contributed by atoms with Crippen LogP contribution in [0.1, 0.15) is 13.8 Å². The molecule has 1 heterocycles. The highest BCUT2D eigenvalue weighted by molar-refractivity contribution is 8.03. The van der Waals surface area contributed by atoms with E-state index in [0.717, 1.165) is 5.75 Å². The molecule has 44 valence electrons. The molecule has 0 atom stereocenters. The summed E-state index contributed by atoms with van der Waals surface area (Å²) in [6.07, 6.45) is 4.39. The zero-order valence-electron chi connectivity index (χ0n) is 5.27. The first-order valence-electron chi connectivity index (χ1n) is 2.77. The van der Waals surface area contributed by atoms with Gasteiger partial charge in [-0.1, -0.05) is 12.2 Å².